The van der Waals surface area contributed by atoms with E-state index in [1.54, 1.807) is 11.3 Å². The van der Waals surface area contributed by atoms with Gasteiger partial charge in [-0.3, -0.25) is 4.79 Å². The molecule has 1 aliphatic heterocycles. The number of thiazole rings is 1. The average Bonchev–Trinajstić information content (AvgIpc) is 3.17. The molecular weight excluding hydrogens is 410 g/mol. The van der Waals surface area contributed by atoms with Crippen molar-refractivity contribution in [2.24, 2.45) is 0 Å². The molecule has 24 heavy (non-hydrogen) atoms. The fraction of sp³-hybridized carbons (Fsp3) is 0.412. The Kier molecular flexibility index (Phi) is 6.80. The maximum absolute atomic E-state index is 12.3. The highest BCUT2D eigenvalue weighted by atomic mass is 79.9. The Morgan fingerprint density at radius 1 is 1.42 bits per heavy atom. The van der Waals surface area contributed by atoms with Gasteiger partial charge >= 0.3 is 0 Å². The minimum absolute atomic E-state index is 0. The Labute approximate surface area is 161 Å². The molecule has 1 fully saturated rings. The van der Waals surface area contributed by atoms with E-state index in [2.05, 4.69) is 43.7 Å². The minimum atomic E-state index is -0.0448. The first-order chi connectivity index (χ1) is 11.0. The summed E-state index contributed by atoms with van der Waals surface area (Å²) in [5.74, 6) is 0.0907. The van der Waals surface area contributed by atoms with Crippen LogP contribution in [0.3, 0.4) is 0 Å². The topological polar surface area (TPSA) is 54.0 Å². The standard InChI is InChI=1S/C17H20BrN3OS.ClH/c1-10(20-16(22)14-4-3-9-19-14)15-11(2)21-17(23-15)12-5-7-13(18)8-6-12;/h5-8,10,14,19H,3-4,9H2,1-2H3,(H,20,22);1H. The molecule has 2 N–H and O–H groups in total. The lowest BCUT2D eigenvalue weighted by atomic mass is 10.2. The molecule has 1 aromatic heterocycles. The fourth-order valence-corrected chi connectivity index (χ4v) is 4.15. The average molecular weight is 431 g/mol. The van der Waals surface area contributed by atoms with Crippen LogP contribution in [0.1, 0.15) is 36.4 Å². The molecule has 130 valence electrons. The second kappa shape index (κ2) is 8.43. The van der Waals surface area contributed by atoms with Gasteiger partial charge in [-0.1, -0.05) is 28.1 Å². The number of rotatable bonds is 4. The molecule has 0 aliphatic carbocycles. The van der Waals surface area contributed by atoms with Crippen LogP contribution >= 0.6 is 39.7 Å². The fourth-order valence-electron chi connectivity index (χ4n) is 2.81. The highest BCUT2D eigenvalue weighted by Gasteiger charge is 2.24. The van der Waals surface area contributed by atoms with Gasteiger partial charge in [0, 0.05) is 10.0 Å². The van der Waals surface area contributed by atoms with Gasteiger partial charge in [0.05, 0.1) is 22.7 Å². The number of hydrogen-bond acceptors (Lipinski definition) is 4. The number of nitrogens with one attached hydrogen (secondary N) is 2. The van der Waals surface area contributed by atoms with E-state index in [1.165, 1.54) is 0 Å². The normalized spacial score (nSPS) is 18.0. The first-order valence-electron chi connectivity index (χ1n) is 7.81. The lowest BCUT2D eigenvalue weighted by Gasteiger charge is -2.16. The number of aromatic nitrogens is 1. The van der Waals surface area contributed by atoms with Gasteiger partial charge in [0.1, 0.15) is 5.01 Å². The lowest BCUT2D eigenvalue weighted by Crippen LogP contribution is -2.41. The molecule has 0 saturated carbocycles. The van der Waals surface area contributed by atoms with Crippen LogP contribution in [-0.2, 0) is 4.79 Å². The molecule has 2 aromatic rings. The van der Waals surface area contributed by atoms with Crippen molar-refractivity contribution >= 4 is 45.6 Å². The van der Waals surface area contributed by atoms with Gasteiger partial charge in [-0.15, -0.1) is 23.7 Å². The summed E-state index contributed by atoms with van der Waals surface area (Å²) in [4.78, 5) is 18.1. The van der Waals surface area contributed by atoms with Crippen LogP contribution in [0, 0.1) is 6.92 Å². The first-order valence-corrected chi connectivity index (χ1v) is 9.42. The van der Waals surface area contributed by atoms with Crippen molar-refractivity contribution in [1.82, 2.24) is 15.6 Å². The van der Waals surface area contributed by atoms with Gasteiger partial charge in [-0.2, -0.15) is 0 Å². The Morgan fingerprint density at radius 3 is 2.75 bits per heavy atom. The zero-order valence-corrected chi connectivity index (χ0v) is 16.9. The predicted molar refractivity (Wildman–Crippen MR) is 105 cm³/mol. The first kappa shape index (κ1) is 19.4. The van der Waals surface area contributed by atoms with Crippen LogP contribution in [0.5, 0.6) is 0 Å². The van der Waals surface area contributed by atoms with Crippen LogP contribution < -0.4 is 10.6 Å². The summed E-state index contributed by atoms with van der Waals surface area (Å²) < 4.78 is 1.06. The summed E-state index contributed by atoms with van der Waals surface area (Å²) in [6, 6.07) is 8.07. The smallest absolute Gasteiger partial charge is 0.237 e. The van der Waals surface area contributed by atoms with Gasteiger partial charge in [0.15, 0.2) is 0 Å². The van der Waals surface area contributed by atoms with E-state index in [0.29, 0.717) is 0 Å². The molecule has 2 atom stereocenters. The molecule has 1 saturated heterocycles. The Balaban J connectivity index is 0.00000208. The Morgan fingerprint density at radius 2 is 2.12 bits per heavy atom. The largest absolute Gasteiger partial charge is 0.347 e. The van der Waals surface area contributed by atoms with Crippen molar-refractivity contribution in [2.45, 2.75) is 38.8 Å². The van der Waals surface area contributed by atoms with Crippen molar-refractivity contribution in [2.75, 3.05) is 6.54 Å². The summed E-state index contributed by atoms with van der Waals surface area (Å²) in [6.07, 6.45) is 1.99. The predicted octanol–water partition coefficient (Wildman–Crippen LogP) is 4.23. The monoisotopic (exact) mass is 429 g/mol. The van der Waals surface area contributed by atoms with Crippen LogP contribution in [-0.4, -0.2) is 23.5 Å². The van der Waals surface area contributed by atoms with Crippen LogP contribution in [0.25, 0.3) is 10.6 Å². The van der Waals surface area contributed by atoms with E-state index in [-0.39, 0.29) is 30.4 Å². The number of nitrogens with zero attached hydrogens (tertiary/aromatic N) is 1. The van der Waals surface area contributed by atoms with Crippen molar-refractivity contribution < 1.29 is 4.79 Å². The van der Waals surface area contributed by atoms with Gasteiger partial charge in [0.2, 0.25) is 5.91 Å². The molecule has 4 nitrogen and oxygen atoms in total. The molecular formula is C17H21BrClN3OS. The van der Waals surface area contributed by atoms with Crippen LogP contribution in [0.4, 0.5) is 0 Å². The van der Waals surface area contributed by atoms with Crippen molar-refractivity contribution in [3.8, 4) is 10.6 Å². The van der Waals surface area contributed by atoms with Crippen molar-refractivity contribution in [1.29, 1.82) is 0 Å². The molecule has 1 aliphatic rings. The molecule has 2 unspecified atom stereocenters. The highest BCUT2D eigenvalue weighted by Crippen LogP contribution is 2.32. The molecule has 1 aromatic carbocycles. The zero-order valence-electron chi connectivity index (χ0n) is 13.6. The number of amides is 1. The summed E-state index contributed by atoms with van der Waals surface area (Å²) >= 11 is 5.10. The van der Waals surface area contributed by atoms with Crippen LogP contribution in [0.15, 0.2) is 28.7 Å². The van der Waals surface area contributed by atoms with Gasteiger partial charge in [-0.05, 0) is 45.4 Å². The van der Waals surface area contributed by atoms with Gasteiger partial charge < -0.3 is 10.6 Å². The Bertz CT molecular complexity index is 698. The molecule has 2 heterocycles. The molecule has 0 radical (unpaired) electrons. The summed E-state index contributed by atoms with van der Waals surface area (Å²) in [5.41, 5.74) is 2.09. The number of carbonyl (C=O) groups excluding carboxylic acids is 1. The van der Waals surface area contributed by atoms with Crippen molar-refractivity contribution in [3.05, 3.63) is 39.3 Å². The van der Waals surface area contributed by atoms with E-state index in [4.69, 9.17) is 0 Å². The number of carbonyl (C=O) groups is 1. The Hall–Kier alpha value is -0.950. The maximum Gasteiger partial charge on any atom is 0.237 e. The summed E-state index contributed by atoms with van der Waals surface area (Å²) in [6.45, 7) is 4.96. The van der Waals surface area contributed by atoms with E-state index in [0.717, 1.165) is 45.0 Å². The molecule has 3 rings (SSSR count). The lowest BCUT2D eigenvalue weighted by molar-refractivity contribution is -0.123. The highest BCUT2D eigenvalue weighted by molar-refractivity contribution is 9.10. The number of aryl methyl sites for hydroxylation is 1. The minimum Gasteiger partial charge on any atom is -0.347 e. The van der Waals surface area contributed by atoms with E-state index in [9.17, 15) is 4.79 Å². The number of halogens is 2. The second-order valence-electron chi connectivity index (χ2n) is 5.85. The van der Waals surface area contributed by atoms with E-state index in [1.807, 2.05) is 26.0 Å². The third-order valence-corrected chi connectivity index (χ3v) is 5.97. The second-order valence-corrected chi connectivity index (χ2v) is 7.80. The number of hydrogen-bond donors (Lipinski definition) is 2. The van der Waals surface area contributed by atoms with Gasteiger partial charge in [-0.25, -0.2) is 4.98 Å². The third kappa shape index (κ3) is 4.36. The zero-order chi connectivity index (χ0) is 16.4. The van der Waals surface area contributed by atoms with Crippen molar-refractivity contribution in [3.63, 3.8) is 0 Å². The molecule has 0 spiro atoms. The molecule has 0 bridgehead atoms. The molecule has 1 amide bonds. The quantitative estimate of drug-likeness (QED) is 0.763. The maximum atomic E-state index is 12.3. The number of benzene rings is 1. The SMILES string of the molecule is Cc1nc(-c2ccc(Br)cc2)sc1C(C)NC(=O)C1CCCN1.Cl. The summed E-state index contributed by atoms with van der Waals surface area (Å²) in [5, 5.41) is 7.34. The third-order valence-electron chi connectivity index (χ3n) is 4.05. The van der Waals surface area contributed by atoms with E-state index < -0.39 is 0 Å². The summed E-state index contributed by atoms with van der Waals surface area (Å²) in [7, 11) is 0. The van der Waals surface area contributed by atoms with E-state index >= 15 is 0 Å². The van der Waals surface area contributed by atoms with Gasteiger partial charge in [0.25, 0.3) is 0 Å². The van der Waals surface area contributed by atoms with Crippen LogP contribution in [0.2, 0.25) is 0 Å². The molecule has 7 heteroatoms.